The summed E-state index contributed by atoms with van der Waals surface area (Å²) in [6.07, 6.45) is -19.7. The van der Waals surface area contributed by atoms with Crippen molar-refractivity contribution in [1.82, 2.24) is 0 Å². The zero-order valence-corrected chi connectivity index (χ0v) is 32.8. The van der Waals surface area contributed by atoms with E-state index in [0.717, 1.165) is 0 Å². The van der Waals surface area contributed by atoms with Gasteiger partial charge in [-0.2, -0.15) is 0 Å². The molecule has 0 amide bonds. The third-order valence-electron chi connectivity index (χ3n) is 3.48. The van der Waals surface area contributed by atoms with E-state index >= 15 is 0 Å². The van der Waals surface area contributed by atoms with E-state index < -0.39 is 83.6 Å². The van der Waals surface area contributed by atoms with Crippen LogP contribution in [0.15, 0.2) is 0 Å². The molecular formula is C6H14CaK2O24P6. The van der Waals surface area contributed by atoms with Crippen molar-refractivity contribution in [3.05, 3.63) is 0 Å². The summed E-state index contributed by atoms with van der Waals surface area (Å²) >= 11 is 0. The van der Waals surface area contributed by atoms with Crippen LogP contribution in [0.5, 0.6) is 0 Å². The van der Waals surface area contributed by atoms with E-state index in [0.29, 0.717) is 0 Å². The summed E-state index contributed by atoms with van der Waals surface area (Å²) in [5.41, 5.74) is 0. The fourth-order valence-electron chi connectivity index (χ4n) is 2.77. The maximum absolute atomic E-state index is 11.4. The molecule has 39 heavy (non-hydrogen) atoms. The molecule has 0 unspecified atom stereocenters. The smallest absolute Gasteiger partial charge is 0.790 e. The van der Waals surface area contributed by atoms with Gasteiger partial charge in [-0.05, 0) is 0 Å². The fourth-order valence-corrected chi connectivity index (χ4v) is 6.08. The molecule has 0 saturated heterocycles. The Balaban J connectivity index is -0.00000432. The van der Waals surface area contributed by atoms with Crippen LogP contribution in [0.3, 0.4) is 0 Å². The molecular weight excluding hydrogens is 760 g/mol. The molecule has 6 atom stereocenters. The Labute approximate surface area is 331 Å². The molecule has 1 aliphatic rings. The van der Waals surface area contributed by atoms with E-state index in [9.17, 15) is 47.0 Å². The summed E-state index contributed by atoms with van der Waals surface area (Å²) in [4.78, 5) is 117. The first-order chi connectivity index (χ1) is 15.6. The average molecular weight is 774 g/mol. The molecule has 0 aliphatic heterocycles. The molecule has 1 saturated carbocycles. The van der Waals surface area contributed by atoms with Crippen molar-refractivity contribution in [2.75, 3.05) is 0 Å². The normalized spacial score (nSPS) is 27.1. The van der Waals surface area contributed by atoms with E-state index in [2.05, 4.69) is 27.1 Å². The zero-order valence-electron chi connectivity index (χ0n) is 19.0. The largest absolute Gasteiger partial charge is 2.00 e. The molecule has 33 heteroatoms. The first-order valence-electron chi connectivity index (χ1n) is 7.94. The fraction of sp³-hybridized carbons (Fsp3) is 1.00. The van der Waals surface area contributed by atoms with Gasteiger partial charge in [-0.1, -0.05) is 0 Å². The van der Waals surface area contributed by atoms with Crippen LogP contribution in [0.1, 0.15) is 0 Å². The van der Waals surface area contributed by atoms with Crippen molar-refractivity contribution < 1.29 is 216 Å². The second-order valence-electron chi connectivity index (χ2n) is 6.28. The van der Waals surface area contributed by atoms with Crippen LogP contribution in [0.25, 0.3) is 0 Å². The maximum atomic E-state index is 11.4. The van der Waals surface area contributed by atoms with Crippen molar-refractivity contribution >= 4 is 84.7 Å². The van der Waals surface area contributed by atoms with Gasteiger partial charge in [0.05, 0.1) is 15.6 Å². The summed E-state index contributed by atoms with van der Waals surface area (Å²) < 4.78 is 91.5. The predicted molar refractivity (Wildman–Crippen MR) is 98.4 cm³/mol. The van der Waals surface area contributed by atoms with Crippen molar-refractivity contribution in [1.29, 1.82) is 0 Å². The van der Waals surface area contributed by atoms with Crippen LogP contribution in [0.2, 0.25) is 0 Å². The molecule has 0 aromatic rings. The predicted octanol–water partition coefficient (Wildman–Crippen LogP) is -12.0. The number of phosphoric acid groups is 6. The van der Waals surface area contributed by atoms with Gasteiger partial charge in [0.15, 0.2) is 0 Å². The number of hydrogen-bond donors (Lipinski definition) is 8. The third-order valence-corrected chi connectivity index (χ3v) is 6.56. The van der Waals surface area contributed by atoms with E-state index in [1.165, 1.54) is 0 Å². The van der Waals surface area contributed by atoms with E-state index in [4.69, 9.17) is 39.1 Å². The average Bonchev–Trinajstić information content (AvgIpc) is 2.51. The first-order valence-corrected chi connectivity index (χ1v) is 17.0. The van der Waals surface area contributed by atoms with Gasteiger partial charge in [0, 0.05) is 0 Å². The van der Waals surface area contributed by atoms with Crippen LogP contribution in [-0.4, -0.2) is 114 Å². The Bertz CT molecular complexity index is 836. The van der Waals surface area contributed by atoms with Gasteiger partial charge >= 0.3 is 172 Å². The van der Waals surface area contributed by atoms with Gasteiger partial charge in [0.1, 0.15) is 36.6 Å². The molecule has 216 valence electrons. The van der Waals surface area contributed by atoms with Gasteiger partial charge in [-0.25, -0.2) is 18.3 Å². The molecule has 24 nitrogen and oxygen atoms in total. The molecule has 1 rings (SSSR count). The summed E-state index contributed by atoms with van der Waals surface area (Å²) in [5.74, 6) is 0. The Hall–Kier alpha value is 5.19. The van der Waals surface area contributed by atoms with Crippen molar-refractivity contribution in [2.24, 2.45) is 0 Å². The Morgan fingerprint density at radius 2 is 0.513 bits per heavy atom. The minimum Gasteiger partial charge on any atom is -0.790 e. The second-order valence-corrected chi connectivity index (χ2v) is 13.3. The molecule has 8 N–H and O–H groups in total. The van der Waals surface area contributed by atoms with Gasteiger partial charge in [-0.15, -0.1) is 0 Å². The summed E-state index contributed by atoms with van der Waals surface area (Å²) in [6.45, 7) is 0. The monoisotopic (exact) mass is 774 g/mol. The van der Waals surface area contributed by atoms with Gasteiger partial charge in [0.2, 0.25) is 0 Å². The summed E-state index contributed by atoms with van der Waals surface area (Å²) in [7, 11) is -37.4. The van der Waals surface area contributed by atoms with Gasteiger partial charge in [0.25, 0.3) is 0 Å². The van der Waals surface area contributed by atoms with Gasteiger partial charge < -0.3 is 76.9 Å². The minimum atomic E-state index is -6.56. The Morgan fingerprint density at radius 3 is 0.615 bits per heavy atom. The van der Waals surface area contributed by atoms with Crippen molar-refractivity contribution in [3.8, 4) is 0 Å². The number of rotatable bonds is 12. The maximum Gasteiger partial charge on any atom is 2.00 e. The summed E-state index contributed by atoms with van der Waals surface area (Å²) in [5, 5.41) is 0. The standard InChI is InChI=1S/C6H18O24P6.Ca.2K/c7-31(8,9)25-1-2(26-32(10,11)12)4(28-34(16,17)18)6(30-36(22,23)24)5(29-35(19,20)21)3(1)27-33(13,14)15;;;/h1-6H,(H2,7,8,9)(H2,10,11,12)(H2,13,14,15)(H2,16,17,18)(H2,19,20,21)(H2,22,23,24);;;/q;+2;2*+1/p-4/t1-,2-,3-,4+,5-,6-;;;. The SMILES string of the molecule is O=P([O-])([O-])O[C@@H]1[C@H](OP(=O)([O-])[O-])[C@@H](OP(=O)(O)O)[C@H](OP(=O)(O)O)[C@@H](OP(=O)(O)O)[C@@H]1OP(=O)(O)O.[Ca+2].[K+].[K+]. The molecule has 1 fully saturated rings. The van der Waals surface area contributed by atoms with Gasteiger partial charge in [-0.3, -0.25) is 18.1 Å². The van der Waals surface area contributed by atoms with Crippen LogP contribution < -0.4 is 122 Å². The van der Waals surface area contributed by atoms with E-state index in [-0.39, 0.29) is 141 Å². The van der Waals surface area contributed by atoms with Crippen LogP contribution in [0.4, 0.5) is 0 Å². The topological polar surface area (TPSA) is 412 Å². The molecule has 0 radical (unpaired) electrons. The molecule has 0 aromatic heterocycles. The van der Waals surface area contributed by atoms with Crippen LogP contribution in [0, 0.1) is 0 Å². The quantitative estimate of drug-likeness (QED) is 0.0674. The number of phosphoric ester groups is 6. The number of hydrogen-bond acceptors (Lipinski definition) is 16. The third kappa shape index (κ3) is 20.9. The molecule has 0 heterocycles. The zero-order chi connectivity index (χ0) is 28.7. The molecule has 0 bridgehead atoms. The Kier molecular flexibility index (Phi) is 22.5. The molecule has 0 spiro atoms. The van der Waals surface area contributed by atoms with Crippen molar-refractivity contribution in [2.45, 2.75) is 36.6 Å². The van der Waals surface area contributed by atoms with E-state index in [1.54, 1.807) is 0 Å². The first kappa shape index (κ1) is 48.6. The van der Waals surface area contributed by atoms with E-state index in [1.807, 2.05) is 0 Å². The summed E-state index contributed by atoms with van der Waals surface area (Å²) in [6, 6.07) is 0. The van der Waals surface area contributed by atoms with Crippen molar-refractivity contribution in [3.63, 3.8) is 0 Å². The van der Waals surface area contributed by atoms with Crippen LogP contribution in [-0.2, 0) is 54.5 Å². The van der Waals surface area contributed by atoms with Crippen LogP contribution >= 0.6 is 46.9 Å². The Morgan fingerprint density at radius 1 is 0.385 bits per heavy atom. The second kappa shape index (κ2) is 18.1. The molecule has 0 aromatic carbocycles. The molecule has 1 aliphatic carbocycles. The minimum absolute atomic E-state index is 0.